The number of amides is 2. The highest BCUT2D eigenvalue weighted by atomic mass is 32.2. The van der Waals surface area contributed by atoms with Crippen LogP contribution in [0.5, 0.6) is 0 Å². The normalized spacial score (nSPS) is 10.7. The molecule has 2 N–H and O–H groups in total. The number of hydrogen-bond acceptors (Lipinski definition) is 5. The Balaban J connectivity index is 1.59. The number of aryl methyl sites for hydroxylation is 2. The summed E-state index contributed by atoms with van der Waals surface area (Å²) in [5, 5.41) is 14.2. The molecule has 3 rings (SSSR count). The van der Waals surface area contributed by atoms with Gasteiger partial charge in [0, 0.05) is 12.2 Å². The minimum Gasteiger partial charge on any atom is -0.326 e. The second kappa shape index (κ2) is 10.2. The summed E-state index contributed by atoms with van der Waals surface area (Å²) in [5.74, 6) is -0.481. The highest BCUT2D eigenvalue weighted by Crippen LogP contribution is 2.20. The average molecular weight is 442 g/mol. The maximum absolute atomic E-state index is 13.7. The zero-order valence-corrected chi connectivity index (χ0v) is 18.4. The summed E-state index contributed by atoms with van der Waals surface area (Å²) >= 11 is 1.18. The van der Waals surface area contributed by atoms with Crippen molar-refractivity contribution in [2.24, 2.45) is 0 Å². The number of carbonyl (C=O) groups is 2. The summed E-state index contributed by atoms with van der Waals surface area (Å²) in [7, 11) is 0. The van der Waals surface area contributed by atoms with Gasteiger partial charge in [-0.3, -0.25) is 9.59 Å². The first-order valence-corrected chi connectivity index (χ1v) is 10.8. The molecule has 0 aliphatic heterocycles. The first-order chi connectivity index (χ1) is 14.9. The number of para-hydroxylation sites is 1. The molecule has 3 aromatic rings. The van der Waals surface area contributed by atoms with Gasteiger partial charge in [0.2, 0.25) is 11.8 Å². The molecule has 2 amide bonds. The fourth-order valence-electron chi connectivity index (χ4n) is 2.92. The fourth-order valence-corrected chi connectivity index (χ4v) is 3.74. The summed E-state index contributed by atoms with van der Waals surface area (Å²) in [5.41, 5.74) is 3.12. The van der Waals surface area contributed by atoms with E-state index in [-0.39, 0.29) is 29.7 Å². The van der Waals surface area contributed by atoms with Gasteiger partial charge in [-0.05, 0) is 56.2 Å². The van der Waals surface area contributed by atoms with Gasteiger partial charge in [0.1, 0.15) is 11.6 Å². The van der Waals surface area contributed by atoms with Gasteiger partial charge in [-0.25, -0.2) is 4.39 Å². The maximum Gasteiger partial charge on any atom is 0.234 e. The predicted molar refractivity (Wildman–Crippen MR) is 120 cm³/mol. The molecule has 9 heteroatoms. The molecule has 0 aliphatic rings. The number of hydrogen-bond donors (Lipinski definition) is 2. The standard InChI is InChI=1S/C22H24FN5O2S/c1-4-28-19(12-20(29)24-16-10-9-14(2)15(3)11-16)26-27-22(28)31-13-21(30)25-18-8-6-5-7-17(18)23/h5-11H,4,12-13H2,1-3H3,(H,24,29)(H,25,30). The minimum absolute atomic E-state index is 0.0430. The molecular formula is C22H24FN5O2S. The fraction of sp³-hybridized carbons (Fsp3) is 0.273. The summed E-state index contributed by atoms with van der Waals surface area (Å²) in [6, 6.07) is 11.7. The highest BCUT2D eigenvalue weighted by Gasteiger charge is 2.16. The van der Waals surface area contributed by atoms with Crippen molar-refractivity contribution in [3.8, 4) is 0 Å². The Hall–Kier alpha value is -3.20. The number of halogens is 1. The molecule has 0 fully saturated rings. The third-order valence-corrected chi connectivity index (χ3v) is 5.67. The molecule has 0 unspecified atom stereocenters. The van der Waals surface area contributed by atoms with Crippen LogP contribution in [0.4, 0.5) is 15.8 Å². The lowest BCUT2D eigenvalue weighted by molar-refractivity contribution is -0.116. The summed E-state index contributed by atoms with van der Waals surface area (Å²) in [4.78, 5) is 24.6. The van der Waals surface area contributed by atoms with E-state index in [1.54, 1.807) is 16.7 Å². The average Bonchev–Trinajstić information content (AvgIpc) is 3.12. The van der Waals surface area contributed by atoms with Gasteiger partial charge >= 0.3 is 0 Å². The predicted octanol–water partition coefficient (Wildman–Crippen LogP) is 3.97. The van der Waals surface area contributed by atoms with Crippen molar-refractivity contribution in [3.63, 3.8) is 0 Å². The summed E-state index contributed by atoms with van der Waals surface area (Å²) in [6.07, 6.45) is 0.0652. The van der Waals surface area contributed by atoms with Crippen molar-refractivity contribution in [1.82, 2.24) is 14.8 Å². The van der Waals surface area contributed by atoms with Crippen LogP contribution in [0, 0.1) is 19.7 Å². The molecule has 0 radical (unpaired) electrons. The molecule has 0 atom stereocenters. The Morgan fingerprint density at radius 1 is 1.03 bits per heavy atom. The van der Waals surface area contributed by atoms with E-state index in [4.69, 9.17) is 0 Å². The molecule has 0 spiro atoms. The first-order valence-electron chi connectivity index (χ1n) is 9.83. The molecule has 162 valence electrons. The van der Waals surface area contributed by atoms with Gasteiger partial charge in [0.05, 0.1) is 17.9 Å². The number of aromatic nitrogens is 3. The molecule has 0 bridgehead atoms. The Morgan fingerprint density at radius 2 is 1.81 bits per heavy atom. The quantitative estimate of drug-likeness (QED) is 0.517. The summed E-state index contributed by atoms with van der Waals surface area (Å²) in [6.45, 7) is 6.47. The lowest BCUT2D eigenvalue weighted by Gasteiger charge is -2.09. The Bertz CT molecular complexity index is 1100. The van der Waals surface area contributed by atoms with Crippen molar-refractivity contribution in [2.45, 2.75) is 38.9 Å². The number of rotatable bonds is 8. The van der Waals surface area contributed by atoms with Crippen LogP contribution in [-0.2, 0) is 22.6 Å². The van der Waals surface area contributed by atoms with Crippen LogP contribution in [0.1, 0.15) is 23.9 Å². The number of benzene rings is 2. The third-order valence-electron chi connectivity index (χ3n) is 4.70. The molecule has 0 aliphatic carbocycles. The van der Waals surface area contributed by atoms with Crippen LogP contribution in [0.3, 0.4) is 0 Å². The number of nitrogens with zero attached hydrogens (tertiary/aromatic N) is 3. The lowest BCUT2D eigenvalue weighted by Crippen LogP contribution is -2.18. The molecule has 1 heterocycles. The van der Waals surface area contributed by atoms with Crippen LogP contribution >= 0.6 is 11.8 Å². The Labute approximate surface area is 184 Å². The molecule has 7 nitrogen and oxygen atoms in total. The number of anilines is 2. The Kier molecular flexibility index (Phi) is 7.41. The maximum atomic E-state index is 13.7. The van der Waals surface area contributed by atoms with E-state index >= 15 is 0 Å². The second-order valence-corrected chi connectivity index (χ2v) is 7.93. The van der Waals surface area contributed by atoms with Crippen molar-refractivity contribution < 1.29 is 14.0 Å². The number of carbonyl (C=O) groups excluding carboxylic acids is 2. The van der Waals surface area contributed by atoms with Gasteiger partial charge in [0.25, 0.3) is 0 Å². The molecule has 1 aromatic heterocycles. The zero-order chi connectivity index (χ0) is 22.4. The van der Waals surface area contributed by atoms with E-state index in [1.807, 2.05) is 39.0 Å². The van der Waals surface area contributed by atoms with E-state index in [9.17, 15) is 14.0 Å². The van der Waals surface area contributed by atoms with Gasteiger partial charge in [-0.2, -0.15) is 0 Å². The number of nitrogens with one attached hydrogen (secondary N) is 2. The smallest absolute Gasteiger partial charge is 0.234 e. The monoisotopic (exact) mass is 441 g/mol. The largest absolute Gasteiger partial charge is 0.326 e. The van der Waals surface area contributed by atoms with E-state index < -0.39 is 5.82 Å². The molecule has 31 heavy (non-hydrogen) atoms. The van der Waals surface area contributed by atoms with Crippen molar-refractivity contribution >= 4 is 35.0 Å². The van der Waals surface area contributed by atoms with Crippen LogP contribution in [0.25, 0.3) is 0 Å². The molecule has 0 saturated carbocycles. The second-order valence-electron chi connectivity index (χ2n) is 6.98. The van der Waals surface area contributed by atoms with E-state index in [0.29, 0.717) is 17.5 Å². The van der Waals surface area contributed by atoms with E-state index in [2.05, 4.69) is 20.8 Å². The van der Waals surface area contributed by atoms with E-state index in [0.717, 1.165) is 16.8 Å². The topological polar surface area (TPSA) is 88.9 Å². The van der Waals surface area contributed by atoms with Crippen LogP contribution in [-0.4, -0.2) is 32.3 Å². The molecule has 2 aromatic carbocycles. The van der Waals surface area contributed by atoms with Crippen molar-refractivity contribution in [1.29, 1.82) is 0 Å². The van der Waals surface area contributed by atoms with E-state index in [1.165, 1.54) is 23.9 Å². The van der Waals surface area contributed by atoms with Crippen molar-refractivity contribution in [3.05, 3.63) is 65.2 Å². The number of thioether (sulfide) groups is 1. The molecule has 0 saturated heterocycles. The van der Waals surface area contributed by atoms with Crippen LogP contribution in [0.15, 0.2) is 47.6 Å². The van der Waals surface area contributed by atoms with Crippen LogP contribution < -0.4 is 10.6 Å². The van der Waals surface area contributed by atoms with Gasteiger partial charge in [-0.15, -0.1) is 10.2 Å². The Morgan fingerprint density at radius 3 is 2.52 bits per heavy atom. The van der Waals surface area contributed by atoms with Gasteiger partial charge in [0.15, 0.2) is 5.16 Å². The lowest BCUT2D eigenvalue weighted by atomic mass is 10.1. The first kappa shape index (κ1) is 22.5. The minimum atomic E-state index is -0.491. The third kappa shape index (κ3) is 5.91. The zero-order valence-electron chi connectivity index (χ0n) is 17.6. The SMILES string of the molecule is CCn1c(CC(=O)Nc2ccc(C)c(C)c2)nnc1SCC(=O)Nc1ccccc1F. The van der Waals surface area contributed by atoms with Gasteiger partial charge < -0.3 is 15.2 Å². The van der Waals surface area contributed by atoms with Gasteiger partial charge in [-0.1, -0.05) is 30.0 Å². The molecular weight excluding hydrogens is 417 g/mol. The van der Waals surface area contributed by atoms with Crippen LogP contribution in [0.2, 0.25) is 0 Å². The summed E-state index contributed by atoms with van der Waals surface area (Å²) < 4.78 is 15.5. The highest BCUT2D eigenvalue weighted by molar-refractivity contribution is 7.99. The van der Waals surface area contributed by atoms with Crippen molar-refractivity contribution in [2.75, 3.05) is 16.4 Å².